The summed E-state index contributed by atoms with van der Waals surface area (Å²) in [6.45, 7) is 0. The van der Waals surface area contributed by atoms with Crippen LogP contribution in [0.3, 0.4) is 0 Å². The van der Waals surface area contributed by atoms with Gasteiger partial charge in [0.25, 0.3) is 0 Å². The van der Waals surface area contributed by atoms with Gasteiger partial charge in [-0.3, -0.25) is 4.79 Å². The number of thioether (sulfide) groups is 1. The second kappa shape index (κ2) is 4.65. The predicted molar refractivity (Wildman–Crippen MR) is 61.1 cm³/mol. The van der Waals surface area contributed by atoms with Crippen LogP contribution in [0.4, 0.5) is 0 Å². The Morgan fingerprint density at radius 2 is 2.07 bits per heavy atom. The molecule has 1 atom stereocenters. The zero-order chi connectivity index (χ0) is 9.80. The van der Waals surface area contributed by atoms with Crippen LogP contribution in [0.15, 0.2) is 24.3 Å². The van der Waals surface area contributed by atoms with E-state index in [1.807, 2.05) is 23.9 Å². The molecule has 0 saturated carbocycles. The molecule has 1 heterocycles. The fourth-order valence-electron chi connectivity index (χ4n) is 1.85. The number of rotatable bonds is 2. The van der Waals surface area contributed by atoms with Gasteiger partial charge in [0.1, 0.15) is 6.29 Å². The molecule has 1 aromatic rings. The first-order valence-corrected chi connectivity index (χ1v) is 6.18. The maximum atomic E-state index is 10.5. The predicted octanol–water partition coefficient (Wildman–Crippen LogP) is 3.11. The maximum Gasteiger partial charge on any atom is 0.150 e. The summed E-state index contributed by atoms with van der Waals surface area (Å²) in [5.74, 6) is 3.25. The van der Waals surface area contributed by atoms with Gasteiger partial charge in [-0.25, -0.2) is 0 Å². The van der Waals surface area contributed by atoms with Crippen molar-refractivity contribution in [1.29, 1.82) is 0 Å². The molecule has 14 heavy (non-hydrogen) atoms. The summed E-state index contributed by atoms with van der Waals surface area (Å²) < 4.78 is 0. The minimum Gasteiger partial charge on any atom is -0.298 e. The average molecular weight is 206 g/mol. The van der Waals surface area contributed by atoms with Gasteiger partial charge in [-0.05, 0) is 30.1 Å². The molecule has 1 aliphatic rings. The van der Waals surface area contributed by atoms with Gasteiger partial charge in [-0.15, -0.1) is 0 Å². The van der Waals surface area contributed by atoms with E-state index in [4.69, 9.17) is 0 Å². The van der Waals surface area contributed by atoms with Gasteiger partial charge in [0, 0.05) is 11.3 Å². The number of hydrogen-bond acceptors (Lipinski definition) is 2. The Labute approximate surface area is 88.9 Å². The Hall–Kier alpha value is -0.760. The summed E-state index contributed by atoms with van der Waals surface area (Å²) in [7, 11) is 0. The van der Waals surface area contributed by atoms with E-state index in [9.17, 15) is 4.79 Å². The number of carbonyl (C=O) groups is 1. The highest BCUT2D eigenvalue weighted by Crippen LogP contribution is 2.30. The maximum absolute atomic E-state index is 10.5. The lowest BCUT2D eigenvalue weighted by Crippen LogP contribution is -2.08. The summed E-state index contributed by atoms with van der Waals surface area (Å²) in [6.07, 6.45) is 3.53. The lowest BCUT2D eigenvalue weighted by atomic mass is 9.95. The molecular formula is C12H14OS. The number of aldehydes is 1. The van der Waals surface area contributed by atoms with Crippen LogP contribution in [-0.4, -0.2) is 17.8 Å². The van der Waals surface area contributed by atoms with Crippen molar-refractivity contribution < 1.29 is 4.79 Å². The van der Waals surface area contributed by atoms with E-state index in [0.717, 1.165) is 11.8 Å². The Morgan fingerprint density at radius 1 is 1.29 bits per heavy atom. The molecule has 0 bridgehead atoms. The average Bonchev–Trinajstić information content (AvgIpc) is 2.30. The lowest BCUT2D eigenvalue weighted by Gasteiger charge is -2.21. The van der Waals surface area contributed by atoms with Crippen molar-refractivity contribution in [1.82, 2.24) is 0 Å². The van der Waals surface area contributed by atoms with Crippen LogP contribution in [0, 0.1) is 0 Å². The van der Waals surface area contributed by atoms with Crippen LogP contribution in [-0.2, 0) is 0 Å². The Kier molecular flexibility index (Phi) is 3.25. The zero-order valence-corrected chi connectivity index (χ0v) is 8.93. The number of benzene rings is 1. The van der Waals surface area contributed by atoms with Crippen molar-refractivity contribution in [3.63, 3.8) is 0 Å². The summed E-state index contributed by atoms with van der Waals surface area (Å²) in [5.41, 5.74) is 2.17. The van der Waals surface area contributed by atoms with E-state index >= 15 is 0 Å². The van der Waals surface area contributed by atoms with Gasteiger partial charge >= 0.3 is 0 Å². The Bertz CT molecular complexity index is 299. The molecule has 1 unspecified atom stereocenters. The number of carbonyl (C=O) groups excluding carboxylic acids is 1. The van der Waals surface area contributed by atoms with E-state index < -0.39 is 0 Å². The van der Waals surface area contributed by atoms with Crippen molar-refractivity contribution in [3.05, 3.63) is 35.4 Å². The summed E-state index contributed by atoms with van der Waals surface area (Å²) in [5, 5.41) is 0. The molecule has 0 amide bonds. The molecule has 1 aliphatic heterocycles. The molecule has 1 saturated heterocycles. The molecule has 0 aromatic heterocycles. The van der Waals surface area contributed by atoms with E-state index in [2.05, 4.69) is 12.1 Å². The largest absolute Gasteiger partial charge is 0.298 e. The third kappa shape index (κ3) is 2.18. The molecular weight excluding hydrogens is 192 g/mol. The van der Waals surface area contributed by atoms with Crippen molar-refractivity contribution in [3.8, 4) is 0 Å². The van der Waals surface area contributed by atoms with Crippen molar-refractivity contribution >= 4 is 18.0 Å². The molecule has 0 spiro atoms. The van der Waals surface area contributed by atoms with E-state index in [1.165, 1.54) is 29.9 Å². The molecule has 0 radical (unpaired) electrons. The van der Waals surface area contributed by atoms with Gasteiger partial charge < -0.3 is 0 Å². The van der Waals surface area contributed by atoms with Crippen LogP contribution in [0.1, 0.15) is 34.7 Å². The van der Waals surface area contributed by atoms with Gasteiger partial charge in [-0.2, -0.15) is 11.8 Å². The van der Waals surface area contributed by atoms with Crippen molar-refractivity contribution in [2.45, 2.75) is 18.8 Å². The molecule has 1 fully saturated rings. The summed E-state index contributed by atoms with van der Waals surface area (Å²) >= 11 is 2.04. The third-order valence-electron chi connectivity index (χ3n) is 2.70. The molecule has 1 nitrogen and oxygen atoms in total. The fraction of sp³-hybridized carbons (Fsp3) is 0.417. The van der Waals surface area contributed by atoms with Crippen LogP contribution in [0.2, 0.25) is 0 Å². The molecule has 0 N–H and O–H groups in total. The van der Waals surface area contributed by atoms with Crippen LogP contribution >= 0.6 is 11.8 Å². The highest BCUT2D eigenvalue weighted by molar-refractivity contribution is 7.99. The SMILES string of the molecule is O=Cc1ccc(C2CCCSC2)cc1. The van der Waals surface area contributed by atoms with Gasteiger partial charge in [0.05, 0.1) is 0 Å². The summed E-state index contributed by atoms with van der Waals surface area (Å²) in [4.78, 5) is 10.5. The molecule has 2 heteroatoms. The quantitative estimate of drug-likeness (QED) is 0.692. The zero-order valence-electron chi connectivity index (χ0n) is 8.11. The Morgan fingerprint density at radius 3 is 2.64 bits per heavy atom. The van der Waals surface area contributed by atoms with Crippen LogP contribution in [0.25, 0.3) is 0 Å². The monoisotopic (exact) mass is 206 g/mol. The topological polar surface area (TPSA) is 17.1 Å². The Balaban J connectivity index is 2.11. The van der Waals surface area contributed by atoms with Gasteiger partial charge in [-0.1, -0.05) is 24.3 Å². The normalized spacial score (nSPS) is 21.9. The highest BCUT2D eigenvalue weighted by Gasteiger charge is 2.15. The standard InChI is InChI=1S/C12H14OS/c13-8-10-3-5-11(6-4-10)12-2-1-7-14-9-12/h3-6,8,12H,1-2,7,9H2. The molecule has 74 valence electrons. The van der Waals surface area contributed by atoms with Gasteiger partial charge in [0.15, 0.2) is 0 Å². The fourth-order valence-corrected chi connectivity index (χ4v) is 3.03. The second-order valence-electron chi connectivity index (χ2n) is 3.70. The molecule has 0 aliphatic carbocycles. The van der Waals surface area contributed by atoms with Crippen LogP contribution in [0.5, 0.6) is 0 Å². The highest BCUT2D eigenvalue weighted by atomic mass is 32.2. The van der Waals surface area contributed by atoms with Crippen molar-refractivity contribution in [2.75, 3.05) is 11.5 Å². The third-order valence-corrected chi connectivity index (χ3v) is 3.92. The lowest BCUT2D eigenvalue weighted by molar-refractivity contribution is 0.112. The van der Waals surface area contributed by atoms with E-state index in [0.29, 0.717) is 5.92 Å². The number of hydrogen-bond donors (Lipinski definition) is 0. The van der Waals surface area contributed by atoms with E-state index in [-0.39, 0.29) is 0 Å². The van der Waals surface area contributed by atoms with Gasteiger partial charge in [0.2, 0.25) is 0 Å². The first kappa shape index (κ1) is 9.78. The summed E-state index contributed by atoms with van der Waals surface area (Å²) in [6, 6.07) is 8.03. The van der Waals surface area contributed by atoms with E-state index in [1.54, 1.807) is 0 Å². The molecule has 2 rings (SSSR count). The first-order valence-electron chi connectivity index (χ1n) is 5.03. The smallest absolute Gasteiger partial charge is 0.150 e. The minimum atomic E-state index is 0.703. The van der Waals surface area contributed by atoms with Crippen LogP contribution < -0.4 is 0 Å². The van der Waals surface area contributed by atoms with Crippen molar-refractivity contribution in [2.24, 2.45) is 0 Å². The minimum absolute atomic E-state index is 0.703. The second-order valence-corrected chi connectivity index (χ2v) is 4.85. The molecule has 1 aromatic carbocycles. The first-order chi connectivity index (χ1) is 6.90.